The van der Waals surface area contributed by atoms with Gasteiger partial charge in [0, 0.05) is 24.4 Å². The lowest BCUT2D eigenvalue weighted by Gasteiger charge is -2.06. The topological polar surface area (TPSA) is 102 Å². The van der Waals surface area contributed by atoms with Crippen LogP contribution >= 0.6 is 0 Å². The molecule has 0 radical (unpaired) electrons. The summed E-state index contributed by atoms with van der Waals surface area (Å²) in [6, 6.07) is 14.2. The average Bonchev–Trinajstić information content (AvgIpc) is 3.12. The van der Waals surface area contributed by atoms with Gasteiger partial charge in [0.15, 0.2) is 5.82 Å². The molecule has 0 spiro atoms. The summed E-state index contributed by atoms with van der Waals surface area (Å²) in [5.41, 5.74) is 2.76. The standard InChI is InChI=1S/C19H18N6O2/c1-13-22-23-24-25(13)17-5-3-4-16(12-17)21-18(26)11-8-14-6-9-15(10-7-14)19(27)20-2/h3-12H,1-2H3,(H,20,27)(H,21,26)/b11-8+. The molecule has 0 aliphatic rings. The highest BCUT2D eigenvalue weighted by atomic mass is 16.2. The highest BCUT2D eigenvalue weighted by Gasteiger charge is 2.05. The van der Waals surface area contributed by atoms with E-state index in [-0.39, 0.29) is 11.8 Å². The lowest BCUT2D eigenvalue weighted by molar-refractivity contribution is -0.111. The summed E-state index contributed by atoms with van der Waals surface area (Å²) >= 11 is 0. The van der Waals surface area contributed by atoms with Crippen molar-refractivity contribution in [3.05, 3.63) is 71.6 Å². The first-order chi connectivity index (χ1) is 13.1. The zero-order chi connectivity index (χ0) is 19.2. The SMILES string of the molecule is CNC(=O)c1ccc(/C=C/C(=O)Nc2cccc(-n3nnnc3C)c2)cc1. The maximum absolute atomic E-state index is 12.2. The fourth-order valence-electron chi connectivity index (χ4n) is 2.43. The molecular formula is C19H18N6O2. The number of benzene rings is 2. The minimum Gasteiger partial charge on any atom is -0.355 e. The molecule has 3 rings (SSSR count). The molecule has 8 nitrogen and oxygen atoms in total. The van der Waals surface area contributed by atoms with E-state index in [1.165, 1.54) is 6.08 Å². The lowest BCUT2D eigenvalue weighted by atomic mass is 10.1. The predicted molar refractivity (Wildman–Crippen MR) is 101 cm³/mol. The first kappa shape index (κ1) is 18.0. The van der Waals surface area contributed by atoms with Gasteiger partial charge < -0.3 is 10.6 Å². The minimum absolute atomic E-state index is 0.152. The lowest BCUT2D eigenvalue weighted by Crippen LogP contribution is -2.17. The van der Waals surface area contributed by atoms with Gasteiger partial charge in [-0.15, -0.1) is 5.10 Å². The number of tetrazole rings is 1. The van der Waals surface area contributed by atoms with Crippen LogP contribution in [0.4, 0.5) is 5.69 Å². The van der Waals surface area contributed by atoms with Gasteiger partial charge in [0.25, 0.3) is 5.91 Å². The Morgan fingerprint density at radius 1 is 1.11 bits per heavy atom. The van der Waals surface area contributed by atoms with E-state index in [0.29, 0.717) is 17.1 Å². The summed E-state index contributed by atoms with van der Waals surface area (Å²) in [7, 11) is 1.58. The molecule has 8 heteroatoms. The molecule has 2 amide bonds. The summed E-state index contributed by atoms with van der Waals surface area (Å²) < 4.78 is 1.58. The molecule has 136 valence electrons. The van der Waals surface area contributed by atoms with Crippen molar-refractivity contribution in [3.8, 4) is 5.69 Å². The van der Waals surface area contributed by atoms with Gasteiger partial charge in [-0.05, 0) is 59.3 Å². The molecule has 0 aliphatic carbocycles. The minimum atomic E-state index is -0.268. The summed E-state index contributed by atoms with van der Waals surface area (Å²) in [6.45, 7) is 1.80. The first-order valence-electron chi connectivity index (χ1n) is 8.23. The van der Waals surface area contributed by atoms with Crippen molar-refractivity contribution in [2.24, 2.45) is 0 Å². The van der Waals surface area contributed by atoms with Crippen molar-refractivity contribution in [3.63, 3.8) is 0 Å². The van der Waals surface area contributed by atoms with Crippen molar-refractivity contribution in [1.82, 2.24) is 25.5 Å². The summed E-state index contributed by atoms with van der Waals surface area (Å²) in [5, 5.41) is 16.7. The second-order valence-electron chi connectivity index (χ2n) is 5.71. The molecule has 1 heterocycles. The number of hydrogen-bond donors (Lipinski definition) is 2. The van der Waals surface area contributed by atoms with Crippen LogP contribution in [0.3, 0.4) is 0 Å². The number of amides is 2. The molecule has 0 fully saturated rings. The van der Waals surface area contributed by atoms with E-state index in [1.54, 1.807) is 61.1 Å². The normalized spacial score (nSPS) is 10.7. The van der Waals surface area contributed by atoms with E-state index in [0.717, 1.165) is 11.3 Å². The molecule has 0 unspecified atom stereocenters. The Bertz CT molecular complexity index is 991. The van der Waals surface area contributed by atoms with Gasteiger partial charge in [0.1, 0.15) is 0 Å². The van der Waals surface area contributed by atoms with Crippen LogP contribution in [-0.2, 0) is 4.79 Å². The number of anilines is 1. The zero-order valence-corrected chi connectivity index (χ0v) is 14.9. The Balaban J connectivity index is 1.66. The van der Waals surface area contributed by atoms with Crippen LogP contribution in [0, 0.1) is 6.92 Å². The number of aromatic nitrogens is 4. The van der Waals surface area contributed by atoms with E-state index in [2.05, 4.69) is 26.2 Å². The van der Waals surface area contributed by atoms with Crippen LogP contribution in [0.5, 0.6) is 0 Å². The van der Waals surface area contributed by atoms with Crippen LogP contribution in [0.1, 0.15) is 21.7 Å². The second-order valence-corrected chi connectivity index (χ2v) is 5.71. The number of nitrogens with one attached hydrogen (secondary N) is 2. The van der Waals surface area contributed by atoms with E-state index in [1.807, 2.05) is 12.1 Å². The molecule has 1 aromatic heterocycles. The van der Waals surface area contributed by atoms with Crippen LogP contribution in [0.25, 0.3) is 11.8 Å². The molecule has 0 bridgehead atoms. The maximum Gasteiger partial charge on any atom is 0.251 e. The van der Waals surface area contributed by atoms with Gasteiger partial charge in [0.05, 0.1) is 5.69 Å². The Morgan fingerprint density at radius 2 is 1.89 bits per heavy atom. The Labute approximate surface area is 155 Å². The Morgan fingerprint density at radius 3 is 2.56 bits per heavy atom. The molecule has 0 aliphatic heterocycles. The number of rotatable bonds is 5. The van der Waals surface area contributed by atoms with Crippen LogP contribution in [0.2, 0.25) is 0 Å². The van der Waals surface area contributed by atoms with Gasteiger partial charge in [-0.1, -0.05) is 18.2 Å². The van der Waals surface area contributed by atoms with Crippen molar-refractivity contribution in [2.75, 3.05) is 12.4 Å². The number of carbonyl (C=O) groups is 2. The zero-order valence-electron chi connectivity index (χ0n) is 14.9. The van der Waals surface area contributed by atoms with Gasteiger partial charge in [0.2, 0.25) is 5.91 Å². The highest BCUT2D eigenvalue weighted by molar-refractivity contribution is 6.02. The van der Waals surface area contributed by atoms with Gasteiger partial charge in [-0.25, -0.2) is 0 Å². The molecule has 2 aromatic carbocycles. The highest BCUT2D eigenvalue weighted by Crippen LogP contribution is 2.15. The van der Waals surface area contributed by atoms with Crippen molar-refractivity contribution in [1.29, 1.82) is 0 Å². The average molecular weight is 362 g/mol. The van der Waals surface area contributed by atoms with Crippen LogP contribution in [-0.4, -0.2) is 39.1 Å². The summed E-state index contributed by atoms with van der Waals surface area (Å²) in [6.07, 6.45) is 3.11. The molecule has 27 heavy (non-hydrogen) atoms. The van der Waals surface area contributed by atoms with Gasteiger partial charge >= 0.3 is 0 Å². The quantitative estimate of drug-likeness (QED) is 0.676. The fraction of sp³-hybridized carbons (Fsp3) is 0.105. The third-order valence-corrected chi connectivity index (χ3v) is 3.81. The molecule has 3 aromatic rings. The molecule has 2 N–H and O–H groups in total. The summed E-state index contributed by atoms with van der Waals surface area (Å²) in [5.74, 6) is 0.232. The number of aryl methyl sites for hydroxylation is 1. The number of nitrogens with zero attached hydrogens (tertiary/aromatic N) is 4. The van der Waals surface area contributed by atoms with Gasteiger partial charge in [-0.3, -0.25) is 9.59 Å². The number of carbonyl (C=O) groups excluding carboxylic acids is 2. The monoisotopic (exact) mass is 362 g/mol. The summed E-state index contributed by atoms with van der Waals surface area (Å²) in [4.78, 5) is 23.7. The molecular weight excluding hydrogens is 344 g/mol. The Hall–Kier alpha value is -3.81. The second kappa shape index (κ2) is 8.05. The van der Waals surface area contributed by atoms with Crippen molar-refractivity contribution in [2.45, 2.75) is 6.92 Å². The maximum atomic E-state index is 12.2. The third-order valence-electron chi connectivity index (χ3n) is 3.81. The fourth-order valence-corrected chi connectivity index (χ4v) is 2.43. The van der Waals surface area contributed by atoms with E-state index in [4.69, 9.17) is 0 Å². The molecule has 0 atom stereocenters. The smallest absolute Gasteiger partial charge is 0.251 e. The van der Waals surface area contributed by atoms with Crippen molar-refractivity contribution >= 4 is 23.6 Å². The predicted octanol–water partition coefficient (Wildman–Crippen LogP) is 1.98. The third kappa shape index (κ3) is 4.43. The van der Waals surface area contributed by atoms with E-state index >= 15 is 0 Å². The molecule has 0 saturated carbocycles. The Kier molecular flexibility index (Phi) is 5.36. The van der Waals surface area contributed by atoms with Crippen LogP contribution in [0.15, 0.2) is 54.6 Å². The largest absolute Gasteiger partial charge is 0.355 e. The first-order valence-corrected chi connectivity index (χ1v) is 8.23. The number of hydrogen-bond acceptors (Lipinski definition) is 5. The van der Waals surface area contributed by atoms with Crippen LogP contribution < -0.4 is 10.6 Å². The van der Waals surface area contributed by atoms with E-state index in [9.17, 15) is 9.59 Å². The van der Waals surface area contributed by atoms with Gasteiger partial charge in [-0.2, -0.15) is 4.68 Å². The molecule has 0 saturated heterocycles. The van der Waals surface area contributed by atoms with Crippen molar-refractivity contribution < 1.29 is 9.59 Å². The van der Waals surface area contributed by atoms with E-state index < -0.39 is 0 Å².